The third-order valence-corrected chi connectivity index (χ3v) is 0.594. The molecule has 0 heterocycles. The minimum absolute atomic E-state index is 0.0514. The van der Waals surface area contributed by atoms with Gasteiger partial charge in [-0.2, -0.15) is 0 Å². The van der Waals surface area contributed by atoms with E-state index >= 15 is 0 Å². The summed E-state index contributed by atoms with van der Waals surface area (Å²) in [6, 6.07) is 0. The maximum absolute atomic E-state index is 8.18. The van der Waals surface area contributed by atoms with E-state index in [2.05, 4.69) is 0 Å². The largest absolute Gasteiger partial charge is 0.392 e. The molecule has 0 unspecified atom stereocenters. The molecule has 46 valence electrons. The van der Waals surface area contributed by atoms with Gasteiger partial charge in [-0.05, 0) is 0 Å². The summed E-state index contributed by atoms with van der Waals surface area (Å²) in [6.07, 6.45) is 6.53. The highest BCUT2D eigenvalue weighted by atomic mass is 16.3. The summed E-state index contributed by atoms with van der Waals surface area (Å²) >= 11 is 0. The van der Waals surface area contributed by atoms with Gasteiger partial charge in [-0.15, -0.1) is 0 Å². The van der Waals surface area contributed by atoms with Gasteiger partial charge in [-0.1, -0.05) is 24.3 Å². The van der Waals surface area contributed by atoms with E-state index in [9.17, 15) is 0 Å². The van der Waals surface area contributed by atoms with E-state index in [0.717, 1.165) is 0 Å². The highest BCUT2D eigenvalue weighted by molar-refractivity contribution is 5.01. The molecule has 0 aromatic rings. The average molecular weight is 114 g/mol. The lowest BCUT2D eigenvalue weighted by molar-refractivity contribution is 0.341. The van der Waals surface area contributed by atoms with Crippen molar-refractivity contribution in [3.63, 3.8) is 0 Å². The summed E-state index contributed by atoms with van der Waals surface area (Å²) in [5.74, 6) is 0. The van der Waals surface area contributed by atoms with Crippen molar-refractivity contribution < 1.29 is 10.2 Å². The van der Waals surface area contributed by atoms with Crippen LogP contribution in [0.4, 0.5) is 0 Å². The summed E-state index contributed by atoms with van der Waals surface area (Å²) in [6.45, 7) is 0.103. The van der Waals surface area contributed by atoms with E-state index < -0.39 is 0 Å². The lowest BCUT2D eigenvalue weighted by Crippen LogP contribution is -1.70. The summed E-state index contributed by atoms with van der Waals surface area (Å²) in [7, 11) is 0. The number of allylic oxidation sites excluding steroid dienone is 2. The van der Waals surface area contributed by atoms with Crippen LogP contribution in [0.1, 0.15) is 0 Å². The predicted octanol–water partition coefficient (Wildman–Crippen LogP) is 0.0834. The molecule has 8 heavy (non-hydrogen) atoms. The zero-order chi connectivity index (χ0) is 6.24. The number of rotatable bonds is 3. The molecule has 0 rings (SSSR count). The zero-order valence-electron chi connectivity index (χ0n) is 4.62. The highest BCUT2D eigenvalue weighted by Crippen LogP contribution is 1.73. The van der Waals surface area contributed by atoms with Crippen LogP contribution in [0.3, 0.4) is 0 Å². The molecule has 0 saturated carbocycles. The molecule has 2 nitrogen and oxygen atoms in total. The molecule has 0 fully saturated rings. The zero-order valence-corrected chi connectivity index (χ0v) is 4.62. The molecule has 0 aromatic carbocycles. The second kappa shape index (κ2) is 6.40. The van der Waals surface area contributed by atoms with Gasteiger partial charge < -0.3 is 10.2 Å². The van der Waals surface area contributed by atoms with Gasteiger partial charge in [0.15, 0.2) is 0 Å². The quantitative estimate of drug-likeness (QED) is 0.510. The van der Waals surface area contributed by atoms with Crippen LogP contribution in [0.5, 0.6) is 0 Å². The molecule has 0 aliphatic carbocycles. The second-order valence-electron chi connectivity index (χ2n) is 1.22. The smallest absolute Gasteiger partial charge is 0.0615 e. The molecular formula is C6H10O2. The molecule has 0 aliphatic rings. The van der Waals surface area contributed by atoms with Crippen molar-refractivity contribution >= 4 is 0 Å². The second-order valence-corrected chi connectivity index (χ2v) is 1.22. The minimum atomic E-state index is 0.0514. The Bertz CT molecular complexity index is 72.5. The summed E-state index contributed by atoms with van der Waals surface area (Å²) in [5.41, 5.74) is 0. The van der Waals surface area contributed by atoms with E-state index in [0.29, 0.717) is 0 Å². The first-order valence-corrected chi connectivity index (χ1v) is 2.45. The molecule has 0 atom stereocenters. The minimum Gasteiger partial charge on any atom is -0.392 e. The first-order valence-electron chi connectivity index (χ1n) is 2.45. The third kappa shape index (κ3) is 5.40. The number of hydrogen-bond acceptors (Lipinski definition) is 2. The molecule has 0 saturated heterocycles. The van der Waals surface area contributed by atoms with Crippen LogP contribution >= 0.6 is 0 Å². The van der Waals surface area contributed by atoms with Crippen molar-refractivity contribution in [2.75, 3.05) is 13.2 Å². The molecular weight excluding hydrogens is 104 g/mol. The third-order valence-electron chi connectivity index (χ3n) is 0.594. The Balaban J connectivity index is 3.13. The standard InChI is InChI=1S/C6H10O2/c7-5-3-1-2-4-6-8/h1-4,7-8H,5-6H2/b3-1-,4-2-. The van der Waals surface area contributed by atoms with Crippen LogP contribution in [0.25, 0.3) is 0 Å². The molecule has 0 spiro atoms. The van der Waals surface area contributed by atoms with Crippen molar-refractivity contribution in [3.05, 3.63) is 24.3 Å². The Labute approximate surface area is 48.8 Å². The molecule has 0 bridgehead atoms. The van der Waals surface area contributed by atoms with Crippen LogP contribution in [0, 0.1) is 0 Å². The van der Waals surface area contributed by atoms with Crippen LogP contribution < -0.4 is 0 Å². The summed E-state index contributed by atoms with van der Waals surface area (Å²) < 4.78 is 0. The van der Waals surface area contributed by atoms with Gasteiger partial charge in [0.1, 0.15) is 0 Å². The van der Waals surface area contributed by atoms with E-state index in [1.165, 1.54) is 0 Å². The lowest BCUT2D eigenvalue weighted by Gasteiger charge is -1.74. The lowest BCUT2D eigenvalue weighted by atomic mass is 10.4. The molecule has 2 N–H and O–H groups in total. The Morgan fingerprint density at radius 2 is 1.25 bits per heavy atom. The average Bonchev–Trinajstić information content (AvgIpc) is 1.81. The molecule has 0 aromatic heterocycles. The van der Waals surface area contributed by atoms with Crippen LogP contribution in [0.2, 0.25) is 0 Å². The van der Waals surface area contributed by atoms with Crippen molar-refractivity contribution in [3.8, 4) is 0 Å². The number of aliphatic hydroxyl groups is 2. The first kappa shape index (κ1) is 7.40. The van der Waals surface area contributed by atoms with Gasteiger partial charge in [0.05, 0.1) is 13.2 Å². The van der Waals surface area contributed by atoms with Crippen molar-refractivity contribution in [2.45, 2.75) is 0 Å². The normalized spacial score (nSPS) is 11.8. The van der Waals surface area contributed by atoms with Gasteiger partial charge in [0, 0.05) is 0 Å². The van der Waals surface area contributed by atoms with Gasteiger partial charge in [0.25, 0.3) is 0 Å². The molecule has 0 amide bonds. The highest BCUT2D eigenvalue weighted by Gasteiger charge is 1.62. The van der Waals surface area contributed by atoms with E-state index in [1.54, 1.807) is 24.3 Å². The Morgan fingerprint density at radius 3 is 1.50 bits per heavy atom. The Hall–Kier alpha value is -0.600. The fraction of sp³-hybridized carbons (Fsp3) is 0.333. The maximum Gasteiger partial charge on any atom is 0.0615 e. The fourth-order valence-corrected chi connectivity index (χ4v) is 0.279. The first-order chi connectivity index (χ1) is 3.91. The van der Waals surface area contributed by atoms with E-state index in [4.69, 9.17) is 10.2 Å². The molecule has 0 radical (unpaired) electrons. The monoisotopic (exact) mass is 114 g/mol. The number of aliphatic hydroxyl groups excluding tert-OH is 2. The SMILES string of the molecule is OC/C=C\C=C/CO. The Morgan fingerprint density at radius 1 is 0.875 bits per heavy atom. The molecule has 0 aliphatic heterocycles. The van der Waals surface area contributed by atoms with Crippen LogP contribution in [0.15, 0.2) is 24.3 Å². The van der Waals surface area contributed by atoms with Gasteiger partial charge >= 0.3 is 0 Å². The van der Waals surface area contributed by atoms with Crippen molar-refractivity contribution in [2.24, 2.45) is 0 Å². The van der Waals surface area contributed by atoms with Crippen molar-refractivity contribution in [1.29, 1.82) is 0 Å². The van der Waals surface area contributed by atoms with Crippen molar-refractivity contribution in [1.82, 2.24) is 0 Å². The predicted molar refractivity (Wildman–Crippen MR) is 32.5 cm³/mol. The topological polar surface area (TPSA) is 40.5 Å². The Kier molecular flexibility index (Phi) is 5.92. The maximum atomic E-state index is 8.18. The van der Waals surface area contributed by atoms with E-state index in [1.807, 2.05) is 0 Å². The molecule has 2 heteroatoms. The van der Waals surface area contributed by atoms with Gasteiger partial charge in [0.2, 0.25) is 0 Å². The van der Waals surface area contributed by atoms with Gasteiger partial charge in [-0.25, -0.2) is 0 Å². The fourth-order valence-electron chi connectivity index (χ4n) is 0.279. The number of hydrogen-bond donors (Lipinski definition) is 2. The van der Waals surface area contributed by atoms with Crippen LogP contribution in [-0.4, -0.2) is 23.4 Å². The van der Waals surface area contributed by atoms with Gasteiger partial charge in [-0.3, -0.25) is 0 Å². The summed E-state index contributed by atoms with van der Waals surface area (Å²) in [4.78, 5) is 0. The van der Waals surface area contributed by atoms with E-state index in [-0.39, 0.29) is 13.2 Å². The van der Waals surface area contributed by atoms with Crippen LogP contribution in [-0.2, 0) is 0 Å². The summed E-state index contributed by atoms with van der Waals surface area (Å²) in [5, 5.41) is 16.4.